The van der Waals surface area contributed by atoms with Gasteiger partial charge in [0.05, 0.1) is 5.75 Å². The van der Waals surface area contributed by atoms with Crippen LogP contribution in [0.2, 0.25) is 0 Å². The zero-order chi connectivity index (χ0) is 16.2. The third kappa shape index (κ3) is 19.1. The molecule has 0 aliphatic carbocycles. The summed E-state index contributed by atoms with van der Waals surface area (Å²) in [6.07, 6.45) is 1.14. The molecular formula is C9H22N4O6S. The first-order valence-corrected chi connectivity index (χ1v) is 7.34. The molecule has 0 aromatic heterocycles. The summed E-state index contributed by atoms with van der Waals surface area (Å²) in [4.78, 5) is 20.2. The number of carboxylic acid groups (broad SMARTS) is 1. The lowest BCUT2D eigenvalue weighted by atomic mass is 10.2. The zero-order valence-electron chi connectivity index (χ0n) is 11.2. The summed E-state index contributed by atoms with van der Waals surface area (Å²) < 4.78 is 28.4. The molecule has 0 aromatic carbocycles. The van der Waals surface area contributed by atoms with Gasteiger partial charge in [0.15, 0.2) is 0 Å². The van der Waals surface area contributed by atoms with Crippen LogP contribution in [0, 0.1) is 0 Å². The van der Waals surface area contributed by atoms with Crippen molar-refractivity contribution in [3.8, 4) is 0 Å². The van der Waals surface area contributed by atoms with Crippen LogP contribution in [0.1, 0.15) is 19.8 Å². The van der Waals surface area contributed by atoms with E-state index >= 15 is 0 Å². The van der Waals surface area contributed by atoms with Gasteiger partial charge in [-0.15, -0.1) is 0 Å². The van der Waals surface area contributed by atoms with Gasteiger partial charge in [-0.05, 0) is 19.4 Å². The monoisotopic (exact) mass is 314 g/mol. The molecule has 0 aromatic rings. The first kappa shape index (κ1) is 21.0. The molecule has 10 nitrogen and oxygen atoms in total. The fourth-order valence-electron chi connectivity index (χ4n) is 0.828. The Morgan fingerprint density at radius 1 is 1.35 bits per heavy atom. The van der Waals surface area contributed by atoms with E-state index in [1.54, 1.807) is 0 Å². The molecule has 0 bridgehead atoms. The normalized spacial score (nSPS) is 12.0. The molecule has 0 radical (unpaired) electrons. The maximum absolute atomic E-state index is 10.2. The molecule has 1 atom stereocenters. The number of aliphatic carboxylic acids is 1. The number of hydrazine groups is 1. The van der Waals surface area contributed by atoms with E-state index in [2.05, 4.69) is 10.9 Å². The zero-order valence-corrected chi connectivity index (χ0v) is 12.0. The van der Waals surface area contributed by atoms with E-state index in [-0.39, 0.29) is 12.5 Å². The van der Waals surface area contributed by atoms with Crippen LogP contribution >= 0.6 is 0 Å². The highest BCUT2D eigenvalue weighted by atomic mass is 32.2. The molecule has 0 heterocycles. The first-order valence-electron chi connectivity index (χ1n) is 5.73. The minimum Gasteiger partial charge on any atom is -0.480 e. The van der Waals surface area contributed by atoms with Crippen LogP contribution in [0.3, 0.4) is 0 Å². The van der Waals surface area contributed by atoms with Crippen LogP contribution in [-0.2, 0) is 19.7 Å². The number of rotatable bonds is 8. The van der Waals surface area contributed by atoms with E-state index in [1.165, 1.54) is 6.92 Å². The van der Waals surface area contributed by atoms with Gasteiger partial charge in [0.1, 0.15) is 6.04 Å². The van der Waals surface area contributed by atoms with Crippen LogP contribution in [0.25, 0.3) is 0 Å². The minimum atomic E-state index is -3.94. The summed E-state index contributed by atoms with van der Waals surface area (Å²) in [5, 5.41) is 8.24. The second-order valence-corrected chi connectivity index (χ2v) is 5.34. The number of carboxylic acids is 1. The van der Waals surface area contributed by atoms with Crippen LogP contribution in [-0.4, -0.2) is 54.8 Å². The fourth-order valence-corrected chi connectivity index (χ4v) is 1.19. The Hall–Kier alpha value is -1.27. The summed E-state index contributed by atoms with van der Waals surface area (Å²) in [6.45, 7) is 1.76. The Bertz CT molecular complexity index is 386. The minimum absolute atomic E-state index is 0.0155. The van der Waals surface area contributed by atoms with Crippen molar-refractivity contribution in [3.63, 3.8) is 0 Å². The molecule has 8 N–H and O–H groups in total. The molecule has 0 spiro atoms. The molecule has 0 saturated carbocycles. The molecule has 0 aliphatic heterocycles. The van der Waals surface area contributed by atoms with Crippen molar-refractivity contribution in [2.24, 2.45) is 11.5 Å². The average Bonchev–Trinajstić information content (AvgIpc) is 2.31. The molecule has 0 aliphatic rings. The van der Waals surface area contributed by atoms with Gasteiger partial charge in [0.25, 0.3) is 10.1 Å². The van der Waals surface area contributed by atoms with E-state index in [0.717, 1.165) is 0 Å². The standard InChI is InChI=1S/C5H12N2O2.C4H10N2O4S/c6-3-1-2-4(7)5(8)9;1-4(7)6-5-2-3-11(8,9)10/h4H,1-3,6-7H2,(H,8,9);5H,2-3H2,1H3,(H,6,7)(H,8,9,10). The highest BCUT2D eigenvalue weighted by Gasteiger charge is 2.08. The predicted octanol–water partition coefficient (Wildman–Crippen LogP) is -2.35. The van der Waals surface area contributed by atoms with E-state index in [0.29, 0.717) is 19.4 Å². The van der Waals surface area contributed by atoms with Gasteiger partial charge in [0.2, 0.25) is 5.91 Å². The molecule has 0 rings (SSSR count). The summed E-state index contributed by atoms with van der Waals surface area (Å²) >= 11 is 0. The van der Waals surface area contributed by atoms with Gasteiger partial charge in [-0.2, -0.15) is 8.42 Å². The number of amides is 1. The van der Waals surface area contributed by atoms with Crippen LogP contribution in [0.15, 0.2) is 0 Å². The second kappa shape index (κ2) is 11.5. The number of carbonyl (C=O) groups is 2. The van der Waals surface area contributed by atoms with Gasteiger partial charge in [-0.1, -0.05) is 0 Å². The molecule has 0 fully saturated rings. The molecule has 11 heteroatoms. The average molecular weight is 314 g/mol. The van der Waals surface area contributed by atoms with Crippen LogP contribution < -0.4 is 22.3 Å². The van der Waals surface area contributed by atoms with Gasteiger partial charge in [-0.3, -0.25) is 19.6 Å². The lowest BCUT2D eigenvalue weighted by Gasteiger charge is -2.02. The molecule has 1 amide bonds. The number of hydrogen-bond acceptors (Lipinski definition) is 7. The predicted molar refractivity (Wildman–Crippen MR) is 72.1 cm³/mol. The Morgan fingerprint density at radius 2 is 1.90 bits per heavy atom. The Kier molecular flexibility index (Phi) is 12.1. The van der Waals surface area contributed by atoms with E-state index in [9.17, 15) is 18.0 Å². The number of hydrogen-bond donors (Lipinski definition) is 6. The van der Waals surface area contributed by atoms with Crippen molar-refractivity contribution < 1.29 is 27.7 Å². The van der Waals surface area contributed by atoms with Crippen LogP contribution in [0.4, 0.5) is 0 Å². The quantitative estimate of drug-likeness (QED) is 0.162. The largest absolute Gasteiger partial charge is 0.480 e. The summed E-state index contributed by atoms with van der Waals surface area (Å²) in [7, 11) is -3.94. The first-order chi connectivity index (χ1) is 9.10. The highest BCUT2D eigenvalue weighted by molar-refractivity contribution is 7.85. The van der Waals surface area contributed by atoms with E-state index in [1.807, 2.05) is 0 Å². The summed E-state index contributed by atoms with van der Waals surface area (Å²) in [5.74, 6) is -1.70. The number of carbonyl (C=O) groups excluding carboxylic acids is 1. The Balaban J connectivity index is 0. The third-order valence-corrected chi connectivity index (χ3v) is 2.51. The number of nitrogens with two attached hydrogens (primary N) is 2. The lowest BCUT2D eigenvalue weighted by Crippen LogP contribution is -2.38. The number of nitrogens with one attached hydrogen (secondary N) is 2. The van der Waals surface area contributed by atoms with Gasteiger partial charge < -0.3 is 16.6 Å². The van der Waals surface area contributed by atoms with Crippen molar-refractivity contribution in [3.05, 3.63) is 0 Å². The second-order valence-electron chi connectivity index (χ2n) is 3.77. The van der Waals surface area contributed by atoms with Gasteiger partial charge in [-0.25, -0.2) is 5.43 Å². The molecule has 120 valence electrons. The van der Waals surface area contributed by atoms with Gasteiger partial charge >= 0.3 is 5.97 Å². The molecule has 20 heavy (non-hydrogen) atoms. The van der Waals surface area contributed by atoms with Crippen molar-refractivity contribution in [1.29, 1.82) is 0 Å². The van der Waals surface area contributed by atoms with Crippen molar-refractivity contribution in [2.75, 3.05) is 18.8 Å². The summed E-state index contributed by atoms with van der Waals surface area (Å²) in [6, 6.07) is -0.742. The summed E-state index contributed by atoms with van der Waals surface area (Å²) in [5.41, 5.74) is 14.7. The van der Waals surface area contributed by atoms with Gasteiger partial charge in [0, 0.05) is 13.5 Å². The van der Waals surface area contributed by atoms with E-state index in [4.69, 9.17) is 21.1 Å². The third-order valence-electron chi connectivity index (χ3n) is 1.79. The Morgan fingerprint density at radius 3 is 2.25 bits per heavy atom. The molecule has 1 unspecified atom stereocenters. The maximum Gasteiger partial charge on any atom is 0.320 e. The Labute approximate surface area is 117 Å². The molecule has 0 saturated heterocycles. The SMILES string of the molecule is CC(=O)NNCCS(=O)(=O)O.NCCCC(N)C(=O)O. The van der Waals surface area contributed by atoms with Crippen molar-refractivity contribution in [1.82, 2.24) is 10.9 Å². The topological polar surface area (TPSA) is 185 Å². The smallest absolute Gasteiger partial charge is 0.320 e. The highest BCUT2D eigenvalue weighted by Crippen LogP contribution is 1.91. The van der Waals surface area contributed by atoms with E-state index < -0.39 is 27.9 Å². The fraction of sp³-hybridized carbons (Fsp3) is 0.778. The van der Waals surface area contributed by atoms with Crippen molar-refractivity contribution in [2.45, 2.75) is 25.8 Å². The van der Waals surface area contributed by atoms with Crippen LogP contribution in [0.5, 0.6) is 0 Å². The van der Waals surface area contributed by atoms with Crippen molar-refractivity contribution >= 4 is 22.0 Å². The maximum atomic E-state index is 10.2. The lowest BCUT2D eigenvalue weighted by molar-refractivity contribution is -0.138. The molecular weight excluding hydrogens is 292 g/mol.